The molecule has 0 spiro atoms. The topological polar surface area (TPSA) is 83.0 Å². The molecule has 0 bridgehead atoms. The first kappa shape index (κ1) is 25.2. The summed E-state index contributed by atoms with van der Waals surface area (Å²) in [5, 5.41) is 17.4. The molecule has 1 aliphatic rings. The van der Waals surface area contributed by atoms with Crippen molar-refractivity contribution in [3.63, 3.8) is 0 Å². The van der Waals surface area contributed by atoms with Crippen molar-refractivity contribution in [2.45, 2.75) is 56.9 Å². The van der Waals surface area contributed by atoms with Gasteiger partial charge in [-0.1, -0.05) is 25.5 Å². The molecule has 1 fully saturated rings. The molecule has 4 atom stereocenters. The number of hydrogen-bond donors (Lipinski definition) is 3. The lowest BCUT2D eigenvalue weighted by Crippen LogP contribution is -2.46. The molecule has 0 heterocycles. The number of benzene rings is 1. The minimum absolute atomic E-state index is 0. The standard InChI is InChI=1S/C20H33N3O3S.HI/c1-4-21-20(23-16-7-6-8-18(13-16)27(25)5-2)22-14-19(24)15-9-11-17(26-3)12-10-15;/h9-12,16,18-19,24H,4-8,13-14H2,1-3H3,(H2,21,22,23);1H. The highest BCUT2D eigenvalue weighted by atomic mass is 127. The molecule has 160 valence electrons. The van der Waals surface area contributed by atoms with Gasteiger partial charge >= 0.3 is 0 Å². The molecule has 0 aliphatic heterocycles. The van der Waals surface area contributed by atoms with E-state index in [1.807, 2.05) is 38.1 Å². The van der Waals surface area contributed by atoms with Gasteiger partial charge in [-0.3, -0.25) is 9.20 Å². The number of aliphatic imine (C=N–C) groups is 1. The summed E-state index contributed by atoms with van der Waals surface area (Å²) in [7, 11) is 0.879. The lowest BCUT2D eigenvalue weighted by molar-refractivity contribution is 0.187. The Morgan fingerprint density at radius 2 is 2.04 bits per heavy atom. The van der Waals surface area contributed by atoms with Gasteiger partial charge in [-0.2, -0.15) is 0 Å². The van der Waals surface area contributed by atoms with Gasteiger partial charge in [-0.15, -0.1) is 24.0 Å². The van der Waals surface area contributed by atoms with Crippen molar-refractivity contribution in [2.75, 3.05) is 26.0 Å². The van der Waals surface area contributed by atoms with E-state index in [1.165, 1.54) is 0 Å². The van der Waals surface area contributed by atoms with Crippen molar-refractivity contribution in [3.05, 3.63) is 29.8 Å². The van der Waals surface area contributed by atoms with Crippen LogP contribution < -0.4 is 15.4 Å². The van der Waals surface area contributed by atoms with Crippen LogP contribution in [0.5, 0.6) is 5.75 Å². The Hall–Kier alpha value is -0.870. The third kappa shape index (κ3) is 7.87. The Bertz CT molecular complexity index is 628. The Morgan fingerprint density at radius 3 is 2.64 bits per heavy atom. The Morgan fingerprint density at radius 1 is 1.32 bits per heavy atom. The Kier molecular flexibility index (Phi) is 12.0. The van der Waals surface area contributed by atoms with E-state index >= 15 is 0 Å². The van der Waals surface area contributed by atoms with Crippen LogP contribution in [0.2, 0.25) is 0 Å². The predicted molar refractivity (Wildman–Crippen MR) is 127 cm³/mol. The summed E-state index contributed by atoms with van der Waals surface area (Å²) in [6.07, 6.45) is 3.43. The van der Waals surface area contributed by atoms with Gasteiger partial charge in [0.15, 0.2) is 5.96 Å². The van der Waals surface area contributed by atoms with E-state index in [2.05, 4.69) is 15.6 Å². The summed E-state index contributed by atoms with van der Waals surface area (Å²) in [5.74, 6) is 2.19. The summed E-state index contributed by atoms with van der Waals surface area (Å²) < 4.78 is 17.3. The van der Waals surface area contributed by atoms with Crippen LogP contribution in [-0.2, 0) is 10.8 Å². The molecular formula is C20H34IN3O3S. The first-order chi connectivity index (χ1) is 13.1. The van der Waals surface area contributed by atoms with Gasteiger partial charge in [0.1, 0.15) is 5.75 Å². The van der Waals surface area contributed by atoms with Crippen molar-refractivity contribution in [3.8, 4) is 5.75 Å². The molecule has 1 aromatic carbocycles. The summed E-state index contributed by atoms with van der Waals surface area (Å²) >= 11 is 0. The van der Waals surface area contributed by atoms with Crippen LogP contribution in [0.25, 0.3) is 0 Å². The van der Waals surface area contributed by atoms with Gasteiger partial charge < -0.3 is 20.5 Å². The average molecular weight is 523 g/mol. The van der Waals surface area contributed by atoms with Crippen LogP contribution in [0.15, 0.2) is 29.3 Å². The van der Waals surface area contributed by atoms with Crippen molar-refractivity contribution in [1.82, 2.24) is 10.6 Å². The molecule has 4 unspecified atom stereocenters. The first-order valence-corrected chi connectivity index (χ1v) is 11.2. The third-order valence-corrected chi connectivity index (χ3v) is 6.63. The number of guanidine groups is 1. The van der Waals surface area contributed by atoms with Crippen LogP contribution in [-0.4, -0.2) is 52.5 Å². The zero-order valence-corrected chi connectivity index (χ0v) is 20.2. The Balaban J connectivity index is 0.00000392. The molecule has 28 heavy (non-hydrogen) atoms. The van der Waals surface area contributed by atoms with Crippen LogP contribution in [0.1, 0.15) is 51.2 Å². The van der Waals surface area contributed by atoms with E-state index in [4.69, 9.17) is 4.74 Å². The van der Waals surface area contributed by atoms with Crippen molar-refractivity contribution in [2.24, 2.45) is 4.99 Å². The molecular weight excluding hydrogens is 489 g/mol. The number of rotatable bonds is 8. The predicted octanol–water partition coefficient (Wildman–Crippen LogP) is 2.98. The normalized spacial score (nSPS) is 21.9. The van der Waals surface area contributed by atoms with Crippen LogP contribution in [0, 0.1) is 0 Å². The van der Waals surface area contributed by atoms with Gasteiger partial charge in [0.25, 0.3) is 0 Å². The van der Waals surface area contributed by atoms with E-state index in [0.717, 1.165) is 49.3 Å². The maximum absolute atomic E-state index is 12.1. The van der Waals surface area contributed by atoms with E-state index in [0.29, 0.717) is 5.96 Å². The average Bonchev–Trinajstić information content (AvgIpc) is 2.71. The smallest absolute Gasteiger partial charge is 0.191 e. The van der Waals surface area contributed by atoms with Gasteiger partial charge in [0, 0.05) is 34.4 Å². The molecule has 1 aromatic rings. The van der Waals surface area contributed by atoms with Crippen LogP contribution >= 0.6 is 24.0 Å². The lowest BCUT2D eigenvalue weighted by Gasteiger charge is -2.30. The second kappa shape index (κ2) is 13.4. The zero-order valence-electron chi connectivity index (χ0n) is 17.0. The van der Waals surface area contributed by atoms with Crippen LogP contribution in [0.4, 0.5) is 0 Å². The van der Waals surface area contributed by atoms with E-state index in [1.54, 1.807) is 7.11 Å². The second-order valence-electron chi connectivity index (χ2n) is 6.81. The number of hydrogen-bond acceptors (Lipinski definition) is 4. The van der Waals surface area contributed by atoms with Gasteiger partial charge in [0.2, 0.25) is 0 Å². The van der Waals surface area contributed by atoms with Crippen LogP contribution in [0.3, 0.4) is 0 Å². The maximum atomic E-state index is 12.1. The minimum Gasteiger partial charge on any atom is -0.497 e. The summed E-state index contributed by atoms with van der Waals surface area (Å²) in [6.45, 7) is 5.03. The summed E-state index contributed by atoms with van der Waals surface area (Å²) in [6, 6.07) is 7.65. The quantitative estimate of drug-likeness (QED) is 0.277. The number of methoxy groups -OCH3 is 1. The van der Waals surface area contributed by atoms with Crippen molar-refractivity contribution < 1.29 is 14.1 Å². The number of nitrogens with one attached hydrogen (secondary N) is 2. The fourth-order valence-corrected chi connectivity index (χ4v) is 4.72. The number of ether oxygens (including phenoxy) is 1. The van der Waals surface area contributed by atoms with Gasteiger partial charge in [-0.05, 0) is 43.9 Å². The molecule has 0 radical (unpaired) electrons. The monoisotopic (exact) mass is 523 g/mol. The molecule has 1 saturated carbocycles. The minimum atomic E-state index is -0.742. The summed E-state index contributed by atoms with van der Waals surface area (Å²) in [5.41, 5.74) is 0.812. The molecule has 8 heteroatoms. The fraction of sp³-hybridized carbons (Fsp3) is 0.650. The number of halogens is 1. The molecule has 0 aromatic heterocycles. The third-order valence-electron chi connectivity index (χ3n) is 4.89. The molecule has 0 saturated heterocycles. The number of aliphatic hydroxyl groups is 1. The molecule has 3 N–H and O–H groups in total. The molecule has 2 rings (SSSR count). The highest BCUT2D eigenvalue weighted by Gasteiger charge is 2.26. The highest BCUT2D eigenvalue weighted by Crippen LogP contribution is 2.23. The molecule has 0 amide bonds. The molecule has 6 nitrogen and oxygen atoms in total. The maximum Gasteiger partial charge on any atom is 0.191 e. The van der Waals surface area contributed by atoms with Crippen molar-refractivity contribution in [1.29, 1.82) is 0 Å². The van der Waals surface area contributed by atoms with E-state index in [-0.39, 0.29) is 41.8 Å². The second-order valence-corrected chi connectivity index (χ2v) is 8.81. The van der Waals surface area contributed by atoms with Crippen molar-refractivity contribution >= 4 is 40.7 Å². The number of nitrogens with zero attached hydrogens (tertiary/aromatic N) is 1. The molecule has 1 aliphatic carbocycles. The highest BCUT2D eigenvalue weighted by molar-refractivity contribution is 14.0. The van der Waals surface area contributed by atoms with Gasteiger partial charge in [0.05, 0.1) is 19.8 Å². The largest absolute Gasteiger partial charge is 0.497 e. The van der Waals surface area contributed by atoms with Gasteiger partial charge in [-0.25, -0.2) is 0 Å². The first-order valence-electron chi connectivity index (χ1n) is 9.81. The number of aliphatic hydroxyl groups excluding tert-OH is 1. The Labute approximate surface area is 188 Å². The fourth-order valence-electron chi connectivity index (χ4n) is 3.37. The van der Waals surface area contributed by atoms with E-state index < -0.39 is 16.9 Å². The van der Waals surface area contributed by atoms with E-state index in [9.17, 15) is 9.32 Å². The lowest BCUT2D eigenvalue weighted by atomic mass is 9.95. The zero-order chi connectivity index (χ0) is 19.6. The summed E-state index contributed by atoms with van der Waals surface area (Å²) in [4.78, 5) is 4.55. The SMILES string of the molecule is CCNC(=NCC(O)c1ccc(OC)cc1)NC1CCCC(S(=O)CC)C1.I.